The SMILES string of the molecule is COC(=O)c1ccccc1S(=O)(=O)NC(=O)Nc1nc(C)nc(OC)n1.Cc1cnc2c(C(=O)O)c(Cl)ccc2c1.O=C(O)COc1nc(Cl)c(Cl)cc1Cl. The molecule has 5 rings (SSSR count). The molecule has 0 radical (unpaired) electrons. The molecule has 0 saturated carbocycles. The van der Waals surface area contributed by atoms with Crippen LogP contribution in [0.1, 0.15) is 32.1 Å². The lowest BCUT2D eigenvalue weighted by atomic mass is 10.1. The van der Waals surface area contributed by atoms with Gasteiger partial charge >= 0.3 is 29.9 Å². The molecular formula is C32H27Cl4N7O11S. The summed E-state index contributed by atoms with van der Waals surface area (Å²) in [4.78, 5) is 63.7. The van der Waals surface area contributed by atoms with Gasteiger partial charge in [0.25, 0.3) is 10.0 Å². The van der Waals surface area contributed by atoms with E-state index in [9.17, 15) is 27.6 Å². The Labute approximate surface area is 331 Å². The second kappa shape index (κ2) is 19.6. The van der Waals surface area contributed by atoms with Crippen molar-refractivity contribution >= 4 is 97.2 Å². The minimum atomic E-state index is -4.36. The largest absolute Gasteiger partial charge is 0.479 e. The number of hydrogen-bond donors (Lipinski definition) is 4. The Morgan fingerprint density at radius 1 is 0.855 bits per heavy atom. The average molecular weight is 859 g/mol. The van der Waals surface area contributed by atoms with E-state index in [0.717, 1.165) is 24.1 Å². The highest BCUT2D eigenvalue weighted by Gasteiger charge is 2.25. The zero-order valence-electron chi connectivity index (χ0n) is 28.6. The summed E-state index contributed by atoms with van der Waals surface area (Å²) >= 11 is 22.6. The third-order valence-electron chi connectivity index (χ3n) is 6.28. The number of aliphatic carboxylic acids is 1. The number of pyridine rings is 2. The molecule has 290 valence electrons. The first kappa shape index (κ1) is 43.8. The Morgan fingerprint density at radius 2 is 1.55 bits per heavy atom. The predicted molar refractivity (Wildman–Crippen MR) is 199 cm³/mol. The normalized spacial score (nSPS) is 10.5. The smallest absolute Gasteiger partial charge is 0.341 e. The number of carbonyl (C=O) groups is 4. The monoisotopic (exact) mass is 857 g/mol. The van der Waals surface area contributed by atoms with Crippen LogP contribution in [0.3, 0.4) is 0 Å². The summed E-state index contributed by atoms with van der Waals surface area (Å²) in [5, 5.41) is 20.8. The van der Waals surface area contributed by atoms with E-state index >= 15 is 0 Å². The number of rotatable bonds is 9. The van der Waals surface area contributed by atoms with Crippen LogP contribution >= 0.6 is 46.4 Å². The molecule has 0 fully saturated rings. The minimum absolute atomic E-state index is 0.0106. The van der Waals surface area contributed by atoms with Crippen LogP contribution in [0, 0.1) is 13.8 Å². The van der Waals surface area contributed by atoms with Crippen molar-refractivity contribution in [1.82, 2.24) is 29.6 Å². The van der Waals surface area contributed by atoms with Gasteiger partial charge in [-0.25, -0.2) is 32.3 Å². The first-order chi connectivity index (χ1) is 25.9. The van der Waals surface area contributed by atoms with Crippen LogP contribution in [0.4, 0.5) is 10.7 Å². The van der Waals surface area contributed by atoms with Crippen molar-refractivity contribution in [3.8, 4) is 11.9 Å². The number of benzene rings is 2. The summed E-state index contributed by atoms with van der Waals surface area (Å²) in [6.45, 7) is 2.91. The summed E-state index contributed by atoms with van der Waals surface area (Å²) in [6, 6.07) is 10.7. The van der Waals surface area contributed by atoms with E-state index in [-0.39, 0.29) is 55.0 Å². The third kappa shape index (κ3) is 12.5. The molecule has 5 aromatic rings. The Morgan fingerprint density at radius 3 is 2.18 bits per heavy atom. The third-order valence-corrected chi connectivity index (χ3v) is 8.93. The van der Waals surface area contributed by atoms with E-state index in [0.29, 0.717) is 5.52 Å². The molecule has 0 atom stereocenters. The molecular weight excluding hydrogens is 832 g/mol. The van der Waals surface area contributed by atoms with Gasteiger partial charge in [-0.2, -0.15) is 19.9 Å². The highest BCUT2D eigenvalue weighted by molar-refractivity contribution is 7.90. The number of aromatic carboxylic acids is 1. The van der Waals surface area contributed by atoms with Crippen LogP contribution in [0.25, 0.3) is 10.9 Å². The van der Waals surface area contributed by atoms with Gasteiger partial charge in [0.05, 0.1) is 35.3 Å². The quantitative estimate of drug-likeness (QED) is 0.0995. The number of sulfonamides is 1. The molecule has 23 heteroatoms. The number of amides is 2. The first-order valence-corrected chi connectivity index (χ1v) is 17.8. The molecule has 18 nitrogen and oxygen atoms in total. The van der Waals surface area contributed by atoms with Gasteiger partial charge in [0, 0.05) is 11.6 Å². The first-order valence-electron chi connectivity index (χ1n) is 14.8. The van der Waals surface area contributed by atoms with Crippen LogP contribution < -0.4 is 19.5 Å². The zero-order chi connectivity index (χ0) is 41.0. The van der Waals surface area contributed by atoms with Gasteiger partial charge in [-0.1, -0.05) is 64.6 Å². The number of aromatic nitrogens is 5. The van der Waals surface area contributed by atoms with Gasteiger partial charge in [0.2, 0.25) is 11.8 Å². The Hall–Kier alpha value is -5.60. The van der Waals surface area contributed by atoms with Gasteiger partial charge in [0.1, 0.15) is 21.3 Å². The van der Waals surface area contributed by atoms with Gasteiger partial charge in [-0.15, -0.1) is 0 Å². The highest BCUT2D eigenvalue weighted by Crippen LogP contribution is 2.30. The number of urea groups is 1. The van der Waals surface area contributed by atoms with Crippen LogP contribution in [-0.4, -0.2) is 88.3 Å². The molecule has 0 aliphatic carbocycles. The van der Waals surface area contributed by atoms with E-state index in [4.69, 9.17) is 66.1 Å². The van der Waals surface area contributed by atoms with E-state index in [2.05, 4.69) is 35.0 Å². The standard InChI is InChI=1S/C14H15N5O6S.C11H8ClNO2.C7H4Cl3NO3/c1-8-15-12(18-14(16-8)25-3)17-13(21)19-26(22,23)10-7-5-4-6-9(10)11(20)24-2;1-6-4-7-2-3-8(12)9(11(14)15)10(7)13-5-6;8-3-1-4(9)7(11-6(3)10)14-2-5(12)13/h4-7H,1-3H3,(H2,15,16,17,18,19,21);2-5H,1H3,(H,14,15);1H,2H2,(H,12,13). The fourth-order valence-corrected chi connectivity index (χ4v) is 5.92. The fourth-order valence-electron chi connectivity index (χ4n) is 4.04. The molecule has 2 amide bonds. The number of fused-ring (bicyclic) bond motifs is 1. The van der Waals surface area contributed by atoms with Crippen molar-refractivity contribution in [2.45, 2.75) is 18.7 Å². The second-order valence-corrected chi connectivity index (χ2v) is 13.5. The van der Waals surface area contributed by atoms with Gasteiger partial charge in [-0.3, -0.25) is 10.3 Å². The summed E-state index contributed by atoms with van der Waals surface area (Å²) in [6.07, 6.45) is 1.63. The van der Waals surface area contributed by atoms with Gasteiger partial charge in [-0.05, 0) is 49.7 Å². The number of carboxylic acids is 2. The number of carbonyl (C=O) groups excluding carboxylic acids is 2. The lowest BCUT2D eigenvalue weighted by Gasteiger charge is -2.11. The number of ether oxygens (including phenoxy) is 3. The summed E-state index contributed by atoms with van der Waals surface area (Å²) < 4.78 is 40.7. The maximum Gasteiger partial charge on any atom is 0.341 e. The van der Waals surface area contributed by atoms with Gasteiger partial charge < -0.3 is 24.4 Å². The number of esters is 1. The maximum atomic E-state index is 12.4. The molecule has 3 heterocycles. The van der Waals surface area contributed by atoms with Crippen molar-refractivity contribution in [3.63, 3.8) is 0 Å². The second-order valence-electron chi connectivity index (χ2n) is 10.3. The van der Waals surface area contributed by atoms with Crippen molar-refractivity contribution in [3.05, 3.63) is 97.5 Å². The Bertz CT molecular complexity index is 2370. The van der Waals surface area contributed by atoms with E-state index < -0.39 is 45.5 Å². The van der Waals surface area contributed by atoms with Crippen molar-refractivity contribution in [2.24, 2.45) is 0 Å². The van der Waals surface area contributed by atoms with E-state index in [1.54, 1.807) is 23.1 Å². The molecule has 0 saturated heterocycles. The molecule has 0 unspecified atom stereocenters. The number of anilines is 1. The molecule has 0 spiro atoms. The van der Waals surface area contributed by atoms with Crippen LogP contribution in [0.2, 0.25) is 20.2 Å². The molecule has 3 aromatic heterocycles. The lowest BCUT2D eigenvalue weighted by molar-refractivity contribution is -0.139. The molecule has 55 heavy (non-hydrogen) atoms. The lowest BCUT2D eigenvalue weighted by Crippen LogP contribution is -2.35. The average Bonchev–Trinajstić information content (AvgIpc) is 3.12. The predicted octanol–water partition coefficient (Wildman–Crippen LogP) is 5.89. The maximum absolute atomic E-state index is 12.4. The molecule has 2 aromatic carbocycles. The number of hydrogen-bond acceptors (Lipinski definition) is 14. The highest BCUT2D eigenvalue weighted by atomic mass is 35.5. The van der Waals surface area contributed by atoms with Crippen LogP contribution in [0.15, 0.2) is 59.6 Å². The van der Waals surface area contributed by atoms with Crippen LogP contribution in [0.5, 0.6) is 11.9 Å². The van der Waals surface area contributed by atoms with E-state index in [1.807, 2.05) is 13.0 Å². The zero-order valence-corrected chi connectivity index (χ0v) is 32.5. The van der Waals surface area contributed by atoms with Crippen molar-refractivity contribution in [1.29, 1.82) is 0 Å². The Balaban J connectivity index is 0.000000238. The molecule has 4 N–H and O–H groups in total. The molecule has 0 aliphatic heterocycles. The van der Waals surface area contributed by atoms with Gasteiger partial charge in [0.15, 0.2) is 11.8 Å². The number of methoxy groups -OCH3 is 2. The fraction of sp³-hybridized carbons (Fsp3) is 0.156. The number of aryl methyl sites for hydroxylation is 2. The van der Waals surface area contributed by atoms with Crippen LogP contribution in [-0.2, 0) is 19.6 Å². The van der Waals surface area contributed by atoms with Crippen molar-refractivity contribution in [2.75, 3.05) is 26.1 Å². The number of nitrogens with one attached hydrogen (secondary N) is 2. The molecule has 0 bridgehead atoms. The number of halogens is 4. The summed E-state index contributed by atoms with van der Waals surface area (Å²) in [7, 11) is -1.92. The summed E-state index contributed by atoms with van der Waals surface area (Å²) in [5.41, 5.74) is 1.27. The van der Waals surface area contributed by atoms with Crippen molar-refractivity contribution < 1.29 is 52.0 Å². The Kier molecular flexibility index (Phi) is 15.6. The summed E-state index contributed by atoms with van der Waals surface area (Å²) in [5.74, 6) is -3.04. The number of nitrogens with zero attached hydrogens (tertiary/aromatic N) is 5. The van der Waals surface area contributed by atoms with E-state index in [1.165, 1.54) is 38.3 Å². The number of carboxylic acid groups (broad SMARTS) is 2. The topological polar surface area (TPSA) is 259 Å². The minimum Gasteiger partial charge on any atom is -0.479 e. The molecule has 0 aliphatic rings.